The minimum atomic E-state index is -3.32. The maximum Gasteiger partial charge on any atom is 0.297 e. The molecule has 1 fully saturated rings. The van der Waals surface area contributed by atoms with Crippen molar-refractivity contribution in [3.8, 4) is 0 Å². The lowest BCUT2D eigenvalue weighted by Crippen LogP contribution is -2.32. The van der Waals surface area contributed by atoms with Crippen LogP contribution in [0.3, 0.4) is 0 Å². The molecule has 2 heterocycles. The first-order valence-electron chi connectivity index (χ1n) is 5.70. The average molecular weight is 272 g/mol. The van der Waals surface area contributed by atoms with E-state index in [0.717, 1.165) is 0 Å². The van der Waals surface area contributed by atoms with Crippen LogP contribution in [0, 0.1) is 5.92 Å². The van der Waals surface area contributed by atoms with Crippen molar-refractivity contribution < 1.29 is 17.4 Å². The van der Waals surface area contributed by atoms with Crippen LogP contribution in [0.1, 0.15) is 13.3 Å². The van der Waals surface area contributed by atoms with E-state index in [1.165, 1.54) is 0 Å². The van der Waals surface area contributed by atoms with Gasteiger partial charge in [0.1, 0.15) is 0 Å². The zero-order valence-electron chi connectivity index (χ0n) is 10.3. The molecule has 7 heteroatoms. The van der Waals surface area contributed by atoms with Crippen LogP contribution in [0.4, 0.5) is 0 Å². The van der Waals surface area contributed by atoms with Crippen molar-refractivity contribution in [3.63, 3.8) is 0 Å². The Bertz CT molecular complexity index is 509. The average Bonchev–Trinajstić information content (AvgIpc) is 2.95. The Labute approximate surface area is 106 Å². The molecule has 1 amide bonds. The van der Waals surface area contributed by atoms with E-state index in [0.29, 0.717) is 12.0 Å². The van der Waals surface area contributed by atoms with Gasteiger partial charge < -0.3 is 10.2 Å². The highest BCUT2D eigenvalue weighted by Gasteiger charge is 2.49. The third-order valence-corrected chi connectivity index (χ3v) is 4.27. The van der Waals surface area contributed by atoms with Crippen molar-refractivity contribution in [2.45, 2.75) is 18.8 Å². The number of amides is 1. The van der Waals surface area contributed by atoms with E-state index in [4.69, 9.17) is 0 Å². The first-order chi connectivity index (χ1) is 8.40. The van der Waals surface area contributed by atoms with E-state index in [9.17, 15) is 13.2 Å². The molecular weight excluding hydrogens is 256 g/mol. The van der Waals surface area contributed by atoms with E-state index in [-0.39, 0.29) is 18.4 Å². The molecule has 0 aromatic heterocycles. The van der Waals surface area contributed by atoms with Gasteiger partial charge in [0.05, 0.1) is 0 Å². The van der Waals surface area contributed by atoms with Gasteiger partial charge in [-0.3, -0.25) is 4.79 Å². The number of rotatable bonds is 4. The van der Waals surface area contributed by atoms with E-state index in [1.54, 1.807) is 18.0 Å². The number of allylic oxidation sites excluding steroid dienone is 1. The fourth-order valence-electron chi connectivity index (χ4n) is 1.79. The van der Waals surface area contributed by atoms with Gasteiger partial charge in [0.2, 0.25) is 11.3 Å². The Morgan fingerprint density at radius 3 is 2.89 bits per heavy atom. The van der Waals surface area contributed by atoms with Crippen LogP contribution in [0.5, 0.6) is 0 Å². The summed E-state index contributed by atoms with van der Waals surface area (Å²) in [5, 5.41) is 2.72. The minimum Gasteiger partial charge on any atom is -0.357 e. The monoisotopic (exact) mass is 272 g/mol. The molecule has 1 N–H and O–H groups in total. The first kappa shape index (κ1) is 13.1. The lowest BCUT2D eigenvalue weighted by molar-refractivity contribution is -0.117. The molecule has 0 spiro atoms. The standard InChI is InChI=1S/C11H16N2O4S/c1-8(11-17-18(11,15)16)6-12-10(14)9-4-3-5-13(2)7-9/h3,5,7-8,11H,4,6H2,1-2H3,(H,12,14). The quantitative estimate of drug-likeness (QED) is 0.737. The summed E-state index contributed by atoms with van der Waals surface area (Å²) in [6, 6.07) is 0. The zero-order valence-corrected chi connectivity index (χ0v) is 11.1. The number of carbonyl (C=O) groups is 1. The van der Waals surface area contributed by atoms with Crippen molar-refractivity contribution in [3.05, 3.63) is 24.0 Å². The highest BCUT2D eigenvalue weighted by Crippen LogP contribution is 2.31. The molecule has 0 saturated carbocycles. The van der Waals surface area contributed by atoms with Crippen molar-refractivity contribution in [1.29, 1.82) is 0 Å². The molecule has 0 aromatic carbocycles. The summed E-state index contributed by atoms with van der Waals surface area (Å²) < 4.78 is 26.4. The van der Waals surface area contributed by atoms with Gasteiger partial charge in [-0.2, -0.15) is 8.42 Å². The van der Waals surface area contributed by atoms with Crippen LogP contribution in [-0.2, 0) is 19.1 Å². The third kappa shape index (κ3) is 2.91. The number of nitrogens with zero attached hydrogens (tertiary/aromatic N) is 1. The molecule has 0 aliphatic carbocycles. The molecule has 2 unspecified atom stereocenters. The van der Waals surface area contributed by atoms with Gasteiger partial charge in [-0.05, 0) is 12.6 Å². The normalized spacial score (nSPS) is 26.4. The van der Waals surface area contributed by atoms with Crippen LogP contribution in [0.15, 0.2) is 24.0 Å². The van der Waals surface area contributed by atoms with E-state index >= 15 is 0 Å². The molecule has 2 aliphatic heterocycles. The first-order valence-corrected chi connectivity index (χ1v) is 7.17. The molecule has 18 heavy (non-hydrogen) atoms. The second-order valence-corrected chi connectivity index (χ2v) is 6.20. The van der Waals surface area contributed by atoms with Gasteiger partial charge in [-0.15, -0.1) is 0 Å². The Balaban J connectivity index is 1.82. The van der Waals surface area contributed by atoms with Gasteiger partial charge in [-0.25, -0.2) is 4.18 Å². The third-order valence-electron chi connectivity index (χ3n) is 2.85. The van der Waals surface area contributed by atoms with Crippen LogP contribution >= 0.6 is 0 Å². The number of hydrogen-bond acceptors (Lipinski definition) is 5. The minimum absolute atomic E-state index is 0.170. The largest absolute Gasteiger partial charge is 0.357 e. The van der Waals surface area contributed by atoms with Gasteiger partial charge in [0.25, 0.3) is 10.1 Å². The molecule has 6 nitrogen and oxygen atoms in total. The summed E-state index contributed by atoms with van der Waals surface area (Å²) in [7, 11) is -1.48. The van der Waals surface area contributed by atoms with Crippen molar-refractivity contribution >= 4 is 16.0 Å². The highest BCUT2D eigenvalue weighted by molar-refractivity contribution is 7.92. The van der Waals surface area contributed by atoms with Crippen LogP contribution in [-0.4, -0.2) is 38.3 Å². The fraction of sp³-hybridized carbons (Fsp3) is 0.545. The lowest BCUT2D eigenvalue weighted by Gasteiger charge is -2.17. The predicted octanol–water partition coefficient (Wildman–Crippen LogP) is 0.158. The highest BCUT2D eigenvalue weighted by atomic mass is 32.2. The Kier molecular flexibility index (Phi) is 3.45. The molecule has 0 radical (unpaired) electrons. The second-order valence-electron chi connectivity index (χ2n) is 4.55. The maximum atomic E-state index is 11.8. The molecule has 0 bridgehead atoms. The van der Waals surface area contributed by atoms with E-state index in [2.05, 4.69) is 9.50 Å². The summed E-state index contributed by atoms with van der Waals surface area (Å²) in [6.45, 7) is 2.02. The van der Waals surface area contributed by atoms with E-state index in [1.807, 2.05) is 19.3 Å². The van der Waals surface area contributed by atoms with Crippen LogP contribution in [0.25, 0.3) is 0 Å². The SMILES string of the molecule is CC(CNC(=O)C1=CN(C)C=CC1)C1OS1(=O)=O. The van der Waals surface area contributed by atoms with Crippen LogP contribution in [0.2, 0.25) is 0 Å². The number of hydrogen-bond donors (Lipinski definition) is 1. The summed E-state index contributed by atoms with van der Waals surface area (Å²) >= 11 is 0. The van der Waals surface area contributed by atoms with Gasteiger partial charge in [0, 0.05) is 31.3 Å². The van der Waals surface area contributed by atoms with Gasteiger partial charge >= 0.3 is 0 Å². The molecule has 2 rings (SSSR count). The number of nitrogens with one attached hydrogen (secondary N) is 1. The van der Waals surface area contributed by atoms with Gasteiger partial charge in [-0.1, -0.05) is 13.0 Å². The van der Waals surface area contributed by atoms with Crippen LogP contribution < -0.4 is 5.32 Å². The Morgan fingerprint density at radius 1 is 1.67 bits per heavy atom. The van der Waals surface area contributed by atoms with Crippen molar-refractivity contribution in [2.24, 2.45) is 5.92 Å². The fourth-order valence-corrected chi connectivity index (χ4v) is 3.06. The molecule has 1 saturated heterocycles. The second kappa shape index (κ2) is 4.74. The zero-order chi connectivity index (χ0) is 13.3. The molecule has 2 atom stereocenters. The topological polar surface area (TPSA) is 79.0 Å². The molecule has 0 aromatic rings. The van der Waals surface area contributed by atoms with E-state index < -0.39 is 15.6 Å². The Morgan fingerprint density at radius 2 is 2.33 bits per heavy atom. The van der Waals surface area contributed by atoms with Gasteiger partial charge in [0.15, 0.2) is 0 Å². The smallest absolute Gasteiger partial charge is 0.297 e. The molecule has 100 valence electrons. The van der Waals surface area contributed by atoms with Crippen molar-refractivity contribution in [1.82, 2.24) is 10.2 Å². The summed E-state index contributed by atoms with van der Waals surface area (Å²) in [5.41, 5.74) is -0.104. The Hall–Kier alpha value is -1.34. The summed E-state index contributed by atoms with van der Waals surface area (Å²) in [5.74, 6) is -0.410. The number of carbonyl (C=O) groups excluding carboxylic acids is 1. The summed E-state index contributed by atoms with van der Waals surface area (Å²) in [6.07, 6.45) is 6.12. The molecular formula is C11H16N2O4S. The van der Waals surface area contributed by atoms with Crippen molar-refractivity contribution in [2.75, 3.05) is 13.6 Å². The molecule has 2 aliphatic rings. The lowest BCUT2D eigenvalue weighted by atomic mass is 10.1. The summed E-state index contributed by atoms with van der Waals surface area (Å²) in [4.78, 5) is 13.6. The predicted molar refractivity (Wildman–Crippen MR) is 65.6 cm³/mol. The maximum absolute atomic E-state index is 11.8.